The second kappa shape index (κ2) is 5.74. The lowest BCUT2D eigenvalue weighted by Crippen LogP contribution is -2.00. The van der Waals surface area contributed by atoms with Crippen LogP contribution < -0.4 is 0 Å². The average molecular weight is 341 g/mol. The molecule has 0 saturated carbocycles. The molecule has 0 atom stereocenters. The maximum absolute atomic E-state index is 9.15. The molecule has 1 aromatic heterocycles. The number of hydrogen-bond donors (Lipinski definition) is 0. The van der Waals surface area contributed by atoms with Gasteiger partial charge in [0.2, 0.25) is 0 Å². The molecule has 6 heteroatoms. The van der Waals surface area contributed by atoms with Crippen molar-refractivity contribution in [3.8, 4) is 11.8 Å². The third kappa shape index (κ3) is 2.66. The summed E-state index contributed by atoms with van der Waals surface area (Å²) in [5, 5.41) is 13.8. The van der Waals surface area contributed by atoms with Crippen LogP contribution in [0.4, 0.5) is 0 Å². The molecule has 0 aliphatic rings. The van der Waals surface area contributed by atoms with Gasteiger partial charge < -0.3 is 4.74 Å². The van der Waals surface area contributed by atoms with E-state index in [1.807, 2.05) is 25.1 Å². The smallest absolute Gasteiger partial charge is 0.151 e. The molecule has 0 aliphatic carbocycles. The number of aromatic nitrogens is 2. The van der Waals surface area contributed by atoms with Gasteiger partial charge in [-0.05, 0) is 30.7 Å². The van der Waals surface area contributed by atoms with Gasteiger partial charge in [0, 0.05) is 11.6 Å². The molecule has 0 amide bonds. The molecule has 0 bridgehead atoms. The molecule has 0 unspecified atom stereocenters. The van der Waals surface area contributed by atoms with Crippen molar-refractivity contribution in [1.82, 2.24) is 9.78 Å². The molecule has 0 fully saturated rings. The van der Waals surface area contributed by atoms with Gasteiger partial charge in [0.15, 0.2) is 5.15 Å². The van der Waals surface area contributed by atoms with Gasteiger partial charge in [0.25, 0.3) is 0 Å². The highest BCUT2D eigenvalue weighted by atomic mass is 79.9. The Balaban J connectivity index is 2.60. The molecule has 2 aromatic rings. The normalized spacial score (nSPS) is 10.5. The molecule has 1 aromatic carbocycles. The van der Waals surface area contributed by atoms with Crippen LogP contribution in [0.15, 0.2) is 22.7 Å². The predicted molar refractivity (Wildman–Crippen MR) is 76.4 cm³/mol. The van der Waals surface area contributed by atoms with Crippen molar-refractivity contribution < 1.29 is 4.74 Å². The first-order valence-electron chi connectivity index (χ1n) is 5.51. The van der Waals surface area contributed by atoms with E-state index in [2.05, 4.69) is 27.1 Å². The van der Waals surface area contributed by atoms with Crippen molar-refractivity contribution in [2.45, 2.75) is 13.5 Å². The highest BCUT2D eigenvalue weighted by Crippen LogP contribution is 2.26. The van der Waals surface area contributed by atoms with Gasteiger partial charge in [-0.15, -0.1) is 0 Å². The van der Waals surface area contributed by atoms with E-state index in [-0.39, 0.29) is 6.61 Å². The van der Waals surface area contributed by atoms with Crippen LogP contribution in [-0.4, -0.2) is 16.9 Å². The van der Waals surface area contributed by atoms with Gasteiger partial charge in [-0.3, -0.25) is 0 Å². The van der Waals surface area contributed by atoms with Crippen LogP contribution in [0.1, 0.15) is 16.8 Å². The summed E-state index contributed by atoms with van der Waals surface area (Å²) < 4.78 is 7.58. The minimum atomic E-state index is 0.255. The van der Waals surface area contributed by atoms with Crippen LogP contribution >= 0.6 is 27.5 Å². The topological polar surface area (TPSA) is 50.8 Å². The summed E-state index contributed by atoms with van der Waals surface area (Å²) in [6, 6.07) is 7.84. The van der Waals surface area contributed by atoms with Crippen LogP contribution in [0.3, 0.4) is 0 Å². The first-order chi connectivity index (χ1) is 9.08. The fraction of sp³-hybridized carbons (Fsp3) is 0.231. The van der Waals surface area contributed by atoms with Crippen molar-refractivity contribution >= 4 is 27.5 Å². The summed E-state index contributed by atoms with van der Waals surface area (Å²) in [4.78, 5) is 0. The van der Waals surface area contributed by atoms with E-state index in [0.717, 1.165) is 15.7 Å². The summed E-state index contributed by atoms with van der Waals surface area (Å²) in [5.41, 5.74) is 2.74. The third-order valence-corrected chi connectivity index (χ3v) is 3.52. The van der Waals surface area contributed by atoms with Gasteiger partial charge in [0.1, 0.15) is 17.3 Å². The number of halogens is 2. The maximum Gasteiger partial charge on any atom is 0.151 e. The average Bonchev–Trinajstić information content (AvgIpc) is 2.66. The molecular formula is C13H11BrClN3O. The Kier molecular flexibility index (Phi) is 4.25. The van der Waals surface area contributed by atoms with Gasteiger partial charge in [0.05, 0.1) is 12.3 Å². The quantitative estimate of drug-likeness (QED) is 0.857. The van der Waals surface area contributed by atoms with E-state index in [1.165, 1.54) is 0 Å². The van der Waals surface area contributed by atoms with Gasteiger partial charge in [-0.2, -0.15) is 10.4 Å². The van der Waals surface area contributed by atoms with E-state index in [4.69, 9.17) is 21.6 Å². The summed E-state index contributed by atoms with van der Waals surface area (Å²) in [5.74, 6) is 0. The molecule has 1 heterocycles. The molecule has 0 radical (unpaired) electrons. The Bertz CT molecular complexity index is 661. The maximum atomic E-state index is 9.15. The Morgan fingerprint density at radius 3 is 2.84 bits per heavy atom. The van der Waals surface area contributed by atoms with E-state index in [9.17, 15) is 0 Å². The fourth-order valence-electron chi connectivity index (χ4n) is 1.80. The number of nitrogens with zero attached hydrogens (tertiary/aromatic N) is 3. The van der Waals surface area contributed by atoms with Crippen molar-refractivity contribution in [3.63, 3.8) is 0 Å². The zero-order valence-electron chi connectivity index (χ0n) is 10.4. The number of ether oxygens (including phenoxy) is 1. The van der Waals surface area contributed by atoms with Crippen LogP contribution in [0, 0.1) is 18.3 Å². The molecule has 0 spiro atoms. The molecule has 0 saturated heterocycles. The zero-order valence-corrected chi connectivity index (χ0v) is 12.8. The summed E-state index contributed by atoms with van der Waals surface area (Å²) in [6.07, 6.45) is 0. The molecule has 98 valence electrons. The monoisotopic (exact) mass is 339 g/mol. The lowest BCUT2D eigenvalue weighted by molar-refractivity contribution is 0.181. The lowest BCUT2D eigenvalue weighted by atomic mass is 10.2. The van der Waals surface area contributed by atoms with Crippen LogP contribution in [0.25, 0.3) is 5.69 Å². The van der Waals surface area contributed by atoms with E-state index < -0.39 is 0 Å². The van der Waals surface area contributed by atoms with Crippen molar-refractivity contribution in [2.75, 3.05) is 7.11 Å². The molecule has 0 aliphatic heterocycles. The Morgan fingerprint density at radius 2 is 2.26 bits per heavy atom. The standard InChI is InChI=1S/C13H11BrClN3O/c1-8-5-9(14)3-4-12(8)18-13(15)10(6-16)11(17-18)7-19-2/h3-5H,7H2,1-2H3. The highest BCUT2D eigenvalue weighted by Gasteiger charge is 2.18. The first-order valence-corrected chi connectivity index (χ1v) is 6.68. The largest absolute Gasteiger partial charge is 0.378 e. The van der Waals surface area contributed by atoms with Crippen molar-refractivity contribution in [3.05, 3.63) is 44.6 Å². The second-order valence-electron chi connectivity index (χ2n) is 4.00. The minimum absolute atomic E-state index is 0.255. The van der Waals surface area contributed by atoms with Gasteiger partial charge >= 0.3 is 0 Å². The third-order valence-electron chi connectivity index (χ3n) is 2.68. The molecule has 4 nitrogen and oxygen atoms in total. The molecular weight excluding hydrogens is 330 g/mol. The second-order valence-corrected chi connectivity index (χ2v) is 5.27. The van der Waals surface area contributed by atoms with E-state index in [1.54, 1.807) is 11.8 Å². The fourth-order valence-corrected chi connectivity index (χ4v) is 2.56. The number of hydrogen-bond acceptors (Lipinski definition) is 3. The zero-order chi connectivity index (χ0) is 14.0. The number of methoxy groups -OCH3 is 1. The summed E-state index contributed by atoms with van der Waals surface area (Å²) in [7, 11) is 1.55. The Labute approximate surface area is 124 Å². The Hall–Kier alpha value is -1.35. The van der Waals surface area contributed by atoms with Gasteiger partial charge in [-0.25, -0.2) is 4.68 Å². The van der Waals surface area contributed by atoms with Crippen molar-refractivity contribution in [1.29, 1.82) is 5.26 Å². The first kappa shape index (κ1) is 14.1. The molecule has 2 rings (SSSR count). The highest BCUT2D eigenvalue weighted by molar-refractivity contribution is 9.10. The summed E-state index contributed by atoms with van der Waals surface area (Å²) in [6.45, 7) is 2.21. The van der Waals surface area contributed by atoms with E-state index in [0.29, 0.717) is 16.4 Å². The van der Waals surface area contributed by atoms with Crippen LogP contribution in [0.5, 0.6) is 0 Å². The Morgan fingerprint density at radius 1 is 1.53 bits per heavy atom. The van der Waals surface area contributed by atoms with Gasteiger partial charge in [-0.1, -0.05) is 27.5 Å². The number of benzene rings is 1. The number of nitriles is 1. The SMILES string of the molecule is COCc1nn(-c2ccc(Br)cc2C)c(Cl)c1C#N. The van der Waals surface area contributed by atoms with Crippen molar-refractivity contribution in [2.24, 2.45) is 0 Å². The van der Waals surface area contributed by atoms with Crippen LogP contribution in [-0.2, 0) is 11.3 Å². The van der Waals surface area contributed by atoms with E-state index >= 15 is 0 Å². The lowest BCUT2D eigenvalue weighted by Gasteiger charge is -2.07. The predicted octanol–water partition coefficient (Wildman–Crippen LogP) is 3.61. The molecule has 0 N–H and O–H groups in total. The minimum Gasteiger partial charge on any atom is -0.378 e. The van der Waals surface area contributed by atoms with Crippen LogP contribution in [0.2, 0.25) is 5.15 Å². The number of aryl methyl sites for hydroxylation is 1. The number of rotatable bonds is 3. The molecule has 19 heavy (non-hydrogen) atoms. The summed E-state index contributed by atoms with van der Waals surface area (Å²) >= 11 is 9.63.